The Morgan fingerprint density at radius 3 is 1.12 bits per heavy atom. The van der Waals surface area contributed by atoms with E-state index in [9.17, 15) is 0 Å². The van der Waals surface area contributed by atoms with E-state index in [1.165, 1.54) is 11.1 Å². The molecule has 0 aromatic heterocycles. The molecule has 0 fully saturated rings. The normalized spacial score (nSPS) is 16.2. The van der Waals surface area contributed by atoms with Crippen LogP contribution in [0.4, 0.5) is 0 Å². The number of hydrogen-bond donors (Lipinski definition) is 0. The van der Waals surface area contributed by atoms with E-state index in [2.05, 4.69) is 132 Å². The fourth-order valence-electron chi connectivity index (χ4n) is 7.44. The molecule has 60 heavy (non-hydrogen) atoms. The summed E-state index contributed by atoms with van der Waals surface area (Å²) in [6.45, 7) is 26.9. The Kier molecular flexibility index (Phi) is 10.7. The highest BCUT2D eigenvalue weighted by molar-refractivity contribution is 7.43. The summed E-state index contributed by atoms with van der Waals surface area (Å²) in [5.74, 6) is 4.11. The van der Waals surface area contributed by atoms with E-state index >= 15 is 0 Å². The maximum absolute atomic E-state index is 7.27. The van der Waals surface area contributed by atoms with Gasteiger partial charge in [0.1, 0.15) is 34.5 Å². The first-order valence-electron chi connectivity index (χ1n) is 20.7. The SMILES string of the molecule is CC(C)(C)c1cc(-c2cc(C(C)(C)C)cc(C(C)(C)C)c2OP2Oc3cccc(c3)-c3ccccc3O2)c(OP2Oc3cccc(c3)-c3ccccc3O2)c(C(C)(C)C)c1. The maximum Gasteiger partial charge on any atom is 0.530 e. The van der Waals surface area contributed by atoms with E-state index in [0.29, 0.717) is 34.5 Å². The molecule has 310 valence electrons. The van der Waals surface area contributed by atoms with Gasteiger partial charge in [0.15, 0.2) is 0 Å². The molecule has 2 aliphatic rings. The molecule has 0 amide bonds. The van der Waals surface area contributed by atoms with Gasteiger partial charge in [0, 0.05) is 33.4 Å². The Morgan fingerprint density at radius 1 is 0.367 bits per heavy atom. The summed E-state index contributed by atoms with van der Waals surface area (Å²) in [6.07, 6.45) is 0. The number of benzene rings is 6. The van der Waals surface area contributed by atoms with Gasteiger partial charge in [-0.25, -0.2) is 0 Å². The quantitative estimate of drug-likeness (QED) is 0.161. The topological polar surface area (TPSA) is 55.4 Å². The first-order valence-corrected chi connectivity index (χ1v) is 22.9. The van der Waals surface area contributed by atoms with Crippen LogP contribution < -0.4 is 27.1 Å². The molecule has 0 saturated heterocycles. The molecule has 8 heteroatoms. The van der Waals surface area contributed by atoms with E-state index in [1.807, 2.05) is 72.8 Å². The zero-order chi connectivity index (χ0) is 42.8. The third kappa shape index (κ3) is 8.60. The molecule has 2 heterocycles. The van der Waals surface area contributed by atoms with Crippen molar-refractivity contribution in [3.63, 3.8) is 0 Å². The molecule has 0 aliphatic carbocycles. The molecule has 6 aromatic rings. The molecule has 4 bridgehead atoms. The fourth-order valence-corrected chi connectivity index (χ4v) is 9.56. The predicted octanol–water partition coefficient (Wildman–Crippen LogP) is 16.0. The molecule has 2 atom stereocenters. The number of rotatable bonds is 5. The Labute approximate surface area is 359 Å². The average molecular weight is 839 g/mol. The standard InChI is InChI=1S/C52H56O6P2/c1-49(2,3)35-29-41(47(43(31-35)51(7,8)9)57-59-53-37-21-17-19-33(27-37)39-23-13-15-25-45(39)55-59)42-30-36(50(4,5)6)32-44(52(10,11)12)48(42)58-60-54-38-22-18-20-34(28-38)40-24-14-16-26-46(40)56-60/h13-32H,1-12H3. The number of hydrogen-bond acceptors (Lipinski definition) is 6. The Balaban J connectivity index is 1.38. The second kappa shape index (κ2) is 15.5. The van der Waals surface area contributed by atoms with E-state index in [0.717, 1.165) is 44.5 Å². The summed E-state index contributed by atoms with van der Waals surface area (Å²) in [7, 11) is -4.00. The Morgan fingerprint density at radius 2 is 0.750 bits per heavy atom. The van der Waals surface area contributed by atoms with Gasteiger partial charge in [0.05, 0.1) is 0 Å². The first kappa shape index (κ1) is 41.7. The molecular weight excluding hydrogens is 783 g/mol. The van der Waals surface area contributed by atoms with Gasteiger partial charge < -0.3 is 27.1 Å². The summed E-state index contributed by atoms with van der Waals surface area (Å²) < 4.78 is 41.4. The van der Waals surface area contributed by atoms with E-state index < -0.39 is 17.2 Å². The lowest BCUT2D eigenvalue weighted by Gasteiger charge is -2.33. The molecule has 0 radical (unpaired) electrons. The van der Waals surface area contributed by atoms with Crippen molar-refractivity contribution in [2.75, 3.05) is 0 Å². The van der Waals surface area contributed by atoms with Gasteiger partial charge in [0.2, 0.25) is 0 Å². The molecule has 0 spiro atoms. The van der Waals surface area contributed by atoms with Crippen molar-refractivity contribution in [3.05, 3.63) is 144 Å². The summed E-state index contributed by atoms with van der Waals surface area (Å²) in [4.78, 5) is 0. The monoisotopic (exact) mass is 838 g/mol. The van der Waals surface area contributed by atoms with Crippen molar-refractivity contribution in [2.24, 2.45) is 0 Å². The van der Waals surface area contributed by atoms with E-state index in [-0.39, 0.29) is 21.7 Å². The molecule has 0 N–H and O–H groups in total. The highest BCUT2D eigenvalue weighted by atomic mass is 31.2. The van der Waals surface area contributed by atoms with Gasteiger partial charge in [-0.2, -0.15) is 0 Å². The second-order valence-corrected chi connectivity index (χ2v) is 21.8. The molecule has 2 aliphatic heterocycles. The van der Waals surface area contributed by atoms with Crippen LogP contribution in [0, 0.1) is 0 Å². The summed E-state index contributed by atoms with van der Waals surface area (Å²) in [5.41, 5.74) is 9.06. The Hall–Kier alpha value is -5.02. The molecule has 2 unspecified atom stereocenters. The molecule has 6 aromatic carbocycles. The zero-order valence-corrected chi connectivity index (χ0v) is 38.7. The van der Waals surface area contributed by atoms with Crippen LogP contribution in [0.3, 0.4) is 0 Å². The Bertz CT molecular complexity index is 2390. The van der Waals surface area contributed by atoms with E-state index in [4.69, 9.17) is 27.1 Å². The lowest BCUT2D eigenvalue weighted by Crippen LogP contribution is -2.20. The number of fused-ring (bicyclic) bond motifs is 8. The van der Waals surface area contributed by atoms with Crippen LogP contribution in [0.2, 0.25) is 0 Å². The van der Waals surface area contributed by atoms with Crippen LogP contribution >= 0.6 is 17.2 Å². The van der Waals surface area contributed by atoms with Crippen molar-refractivity contribution in [1.82, 2.24) is 0 Å². The van der Waals surface area contributed by atoms with Crippen LogP contribution in [0.15, 0.2) is 121 Å². The summed E-state index contributed by atoms with van der Waals surface area (Å²) in [6, 6.07) is 41.4. The minimum atomic E-state index is -2.00. The van der Waals surface area contributed by atoms with Crippen molar-refractivity contribution in [2.45, 2.75) is 105 Å². The molecule has 8 rings (SSSR count). The first-order chi connectivity index (χ1) is 28.2. The molecular formula is C52H56O6P2. The smallest absolute Gasteiger partial charge is 0.408 e. The van der Waals surface area contributed by atoms with Crippen LogP contribution in [0.1, 0.15) is 105 Å². The van der Waals surface area contributed by atoms with Gasteiger partial charge in [0.25, 0.3) is 0 Å². The minimum absolute atomic E-state index is 0.203. The van der Waals surface area contributed by atoms with Crippen molar-refractivity contribution in [3.8, 4) is 67.9 Å². The van der Waals surface area contributed by atoms with E-state index in [1.54, 1.807) is 0 Å². The van der Waals surface area contributed by atoms with Gasteiger partial charge in [-0.15, -0.1) is 0 Å². The summed E-state index contributed by atoms with van der Waals surface area (Å²) >= 11 is 0. The third-order valence-corrected chi connectivity index (χ3v) is 13.0. The highest BCUT2D eigenvalue weighted by Gasteiger charge is 2.37. The van der Waals surface area contributed by atoms with Gasteiger partial charge in [-0.3, -0.25) is 0 Å². The predicted molar refractivity (Wildman–Crippen MR) is 248 cm³/mol. The minimum Gasteiger partial charge on any atom is -0.408 e. The van der Waals surface area contributed by atoms with Crippen molar-refractivity contribution < 1.29 is 27.1 Å². The number of para-hydroxylation sites is 2. The fraction of sp³-hybridized carbons (Fsp3) is 0.308. The second-order valence-electron chi connectivity index (χ2n) is 19.8. The summed E-state index contributed by atoms with van der Waals surface area (Å²) in [5, 5.41) is 0. The lowest BCUT2D eigenvalue weighted by molar-refractivity contribution is 0.378. The van der Waals surface area contributed by atoms with Crippen molar-refractivity contribution in [1.29, 1.82) is 0 Å². The van der Waals surface area contributed by atoms with Crippen LogP contribution in [-0.4, -0.2) is 0 Å². The van der Waals surface area contributed by atoms with Gasteiger partial charge in [-0.1, -0.05) is 156 Å². The van der Waals surface area contributed by atoms with Crippen molar-refractivity contribution >= 4 is 17.2 Å². The molecule has 6 nitrogen and oxygen atoms in total. The largest absolute Gasteiger partial charge is 0.530 e. The lowest BCUT2D eigenvalue weighted by atomic mass is 9.75. The van der Waals surface area contributed by atoms with Gasteiger partial charge >= 0.3 is 17.2 Å². The maximum atomic E-state index is 7.27. The van der Waals surface area contributed by atoms with Crippen LogP contribution in [-0.2, 0) is 21.7 Å². The zero-order valence-electron chi connectivity index (χ0n) is 36.9. The van der Waals surface area contributed by atoms with Crippen LogP contribution in [0.25, 0.3) is 33.4 Å². The third-order valence-electron chi connectivity index (χ3n) is 10.9. The van der Waals surface area contributed by atoms with Gasteiger partial charge in [-0.05, 0) is 92.4 Å². The van der Waals surface area contributed by atoms with Crippen LogP contribution in [0.5, 0.6) is 34.5 Å². The highest BCUT2D eigenvalue weighted by Crippen LogP contribution is 2.57. The molecule has 0 saturated carbocycles. The average Bonchev–Trinajstić information content (AvgIpc) is 3.16.